The summed E-state index contributed by atoms with van der Waals surface area (Å²) in [5.41, 5.74) is 9.76. The minimum atomic E-state index is -0.179. The molecule has 0 spiro atoms. The highest BCUT2D eigenvalue weighted by molar-refractivity contribution is 9.13. The lowest BCUT2D eigenvalue weighted by Crippen LogP contribution is -2.12. The molecule has 1 heterocycles. The van der Waals surface area contributed by atoms with Crippen molar-refractivity contribution < 1.29 is 4.74 Å². The number of hydrogen-bond donors (Lipinski definition) is 1. The minimum absolute atomic E-state index is 0.179. The van der Waals surface area contributed by atoms with Crippen LogP contribution in [0.2, 0.25) is 0 Å². The average molecular weight is 405 g/mol. The van der Waals surface area contributed by atoms with Gasteiger partial charge in [0, 0.05) is 14.9 Å². The normalized spacial score (nSPS) is 12.5. The molecule has 0 radical (unpaired) electrons. The zero-order valence-corrected chi connectivity index (χ0v) is 14.9. The Labute approximate surface area is 134 Å². The summed E-state index contributed by atoms with van der Waals surface area (Å²) >= 11 is 8.63. The highest BCUT2D eigenvalue weighted by Crippen LogP contribution is 2.39. The molecule has 2 rings (SSSR count). The molecule has 2 nitrogen and oxygen atoms in total. The topological polar surface area (TPSA) is 35.2 Å². The van der Waals surface area contributed by atoms with Crippen LogP contribution in [0.3, 0.4) is 0 Å². The Hall–Kier alpha value is -0.360. The van der Waals surface area contributed by atoms with Crippen LogP contribution in [0.4, 0.5) is 0 Å². The Morgan fingerprint density at radius 3 is 2.47 bits per heavy atom. The monoisotopic (exact) mass is 403 g/mol. The van der Waals surface area contributed by atoms with E-state index in [9.17, 15) is 0 Å². The van der Waals surface area contributed by atoms with Gasteiger partial charge in [-0.25, -0.2) is 0 Å². The zero-order chi connectivity index (χ0) is 14.2. The third-order valence-electron chi connectivity index (χ3n) is 3.22. The lowest BCUT2D eigenvalue weighted by molar-refractivity contribution is 0.404. The first-order chi connectivity index (χ1) is 8.95. The van der Waals surface area contributed by atoms with E-state index in [1.807, 2.05) is 12.1 Å². The molecule has 2 N–H and O–H groups in total. The number of thiophene rings is 1. The molecule has 0 aliphatic heterocycles. The van der Waals surface area contributed by atoms with Gasteiger partial charge in [0.05, 0.1) is 16.9 Å². The Morgan fingerprint density at radius 2 is 1.95 bits per heavy atom. The fourth-order valence-electron chi connectivity index (χ4n) is 2.00. The quantitative estimate of drug-likeness (QED) is 0.785. The second-order valence-electron chi connectivity index (χ2n) is 4.38. The van der Waals surface area contributed by atoms with Crippen LogP contribution in [0.1, 0.15) is 27.6 Å². The summed E-state index contributed by atoms with van der Waals surface area (Å²) in [5, 5.41) is 0. The van der Waals surface area contributed by atoms with Crippen molar-refractivity contribution in [2.24, 2.45) is 5.73 Å². The molecule has 0 saturated heterocycles. The highest BCUT2D eigenvalue weighted by Gasteiger charge is 2.19. The van der Waals surface area contributed by atoms with Crippen molar-refractivity contribution in [3.05, 3.63) is 48.0 Å². The minimum Gasteiger partial charge on any atom is -0.496 e. The van der Waals surface area contributed by atoms with Gasteiger partial charge in [0.2, 0.25) is 0 Å². The maximum absolute atomic E-state index is 6.38. The van der Waals surface area contributed by atoms with E-state index in [1.165, 1.54) is 5.56 Å². The molecule has 0 saturated carbocycles. The van der Waals surface area contributed by atoms with Crippen molar-refractivity contribution in [2.75, 3.05) is 7.11 Å². The van der Waals surface area contributed by atoms with Gasteiger partial charge in [0.15, 0.2) is 0 Å². The summed E-state index contributed by atoms with van der Waals surface area (Å²) in [6.45, 7) is 4.14. The van der Waals surface area contributed by atoms with E-state index in [1.54, 1.807) is 18.4 Å². The fourth-order valence-corrected chi connectivity index (χ4v) is 4.11. The molecule has 0 aliphatic rings. The van der Waals surface area contributed by atoms with E-state index < -0.39 is 0 Å². The van der Waals surface area contributed by atoms with Gasteiger partial charge < -0.3 is 10.5 Å². The Bertz CT molecular complexity index is 590. The lowest BCUT2D eigenvalue weighted by atomic mass is 9.99. The predicted octanol–water partition coefficient (Wildman–Crippen LogP) is 4.95. The van der Waals surface area contributed by atoms with Gasteiger partial charge in [-0.15, -0.1) is 11.3 Å². The number of benzene rings is 1. The molecular weight excluding hydrogens is 390 g/mol. The maximum atomic E-state index is 6.38. The van der Waals surface area contributed by atoms with Crippen LogP contribution >= 0.6 is 43.2 Å². The van der Waals surface area contributed by atoms with Gasteiger partial charge in [-0.2, -0.15) is 0 Å². The zero-order valence-electron chi connectivity index (χ0n) is 11.0. The van der Waals surface area contributed by atoms with Crippen LogP contribution in [0.15, 0.2) is 26.5 Å². The third-order valence-corrected chi connectivity index (χ3v) is 6.56. The van der Waals surface area contributed by atoms with Gasteiger partial charge in [0.1, 0.15) is 5.75 Å². The summed E-state index contributed by atoms with van der Waals surface area (Å²) in [7, 11) is 1.69. The van der Waals surface area contributed by atoms with Crippen molar-refractivity contribution >= 4 is 43.2 Å². The van der Waals surface area contributed by atoms with Crippen molar-refractivity contribution in [2.45, 2.75) is 19.9 Å². The van der Waals surface area contributed by atoms with E-state index in [-0.39, 0.29) is 6.04 Å². The standard InChI is InChI=1S/C14H15Br2NOS/c1-7-4-5-9(13(18-3)8(7)2)12(17)11-6-10(15)14(16)19-11/h4-6,12H,17H2,1-3H3. The van der Waals surface area contributed by atoms with Crippen molar-refractivity contribution in [3.63, 3.8) is 0 Å². The summed E-state index contributed by atoms with van der Waals surface area (Å²) in [5.74, 6) is 0.883. The smallest absolute Gasteiger partial charge is 0.127 e. The molecular formula is C14H15Br2NOS. The van der Waals surface area contributed by atoms with Crippen LogP contribution in [-0.4, -0.2) is 7.11 Å². The molecule has 0 fully saturated rings. The third kappa shape index (κ3) is 2.89. The van der Waals surface area contributed by atoms with Gasteiger partial charge in [0.25, 0.3) is 0 Å². The van der Waals surface area contributed by atoms with Crippen LogP contribution in [0, 0.1) is 13.8 Å². The van der Waals surface area contributed by atoms with Crippen LogP contribution in [0.25, 0.3) is 0 Å². The lowest BCUT2D eigenvalue weighted by Gasteiger charge is -2.17. The molecule has 2 aromatic rings. The predicted molar refractivity (Wildman–Crippen MR) is 88.2 cm³/mol. The molecule has 19 heavy (non-hydrogen) atoms. The molecule has 102 valence electrons. The summed E-state index contributed by atoms with van der Waals surface area (Å²) < 4.78 is 7.63. The summed E-state index contributed by atoms with van der Waals surface area (Å²) in [6, 6.07) is 6.01. The molecule has 1 aromatic heterocycles. The molecule has 1 unspecified atom stereocenters. The number of aryl methyl sites for hydroxylation is 1. The number of methoxy groups -OCH3 is 1. The van der Waals surface area contributed by atoms with Crippen LogP contribution < -0.4 is 10.5 Å². The van der Waals surface area contributed by atoms with Crippen molar-refractivity contribution in [1.82, 2.24) is 0 Å². The largest absolute Gasteiger partial charge is 0.496 e. The molecule has 5 heteroatoms. The fraction of sp³-hybridized carbons (Fsp3) is 0.286. The molecule has 1 aromatic carbocycles. The number of halogens is 2. The van der Waals surface area contributed by atoms with E-state index in [4.69, 9.17) is 10.5 Å². The van der Waals surface area contributed by atoms with Gasteiger partial charge in [-0.3, -0.25) is 0 Å². The van der Waals surface area contributed by atoms with E-state index in [2.05, 4.69) is 51.8 Å². The van der Waals surface area contributed by atoms with Crippen LogP contribution in [-0.2, 0) is 0 Å². The molecule has 0 aliphatic carbocycles. The summed E-state index contributed by atoms with van der Waals surface area (Å²) in [6.07, 6.45) is 0. The second-order valence-corrected chi connectivity index (χ2v) is 7.63. The SMILES string of the molecule is COc1c(C(N)c2cc(Br)c(Br)s2)ccc(C)c1C. The van der Waals surface area contributed by atoms with Gasteiger partial charge in [-0.1, -0.05) is 12.1 Å². The number of rotatable bonds is 3. The number of hydrogen-bond acceptors (Lipinski definition) is 3. The second kappa shape index (κ2) is 5.95. The number of nitrogens with two attached hydrogens (primary N) is 1. The maximum Gasteiger partial charge on any atom is 0.127 e. The van der Waals surface area contributed by atoms with E-state index >= 15 is 0 Å². The van der Waals surface area contributed by atoms with E-state index in [0.717, 1.165) is 30.0 Å². The Kier molecular flexibility index (Phi) is 4.71. The summed E-state index contributed by atoms with van der Waals surface area (Å²) in [4.78, 5) is 1.10. The Balaban J connectivity index is 2.49. The Morgan fingerprint density at radius 1 is 1.26 bits per heavy atom. The van der Waals surface area contributed by atoms with Gasteiger partial charge in [-0.05, 0) is 62.9 Å². The molecule has 0 amide bonds. The molecule has 0 bridgehead atoms. The molecule has 1 atom stereocenters. The first-order valence-electron chi connectivity index (χ1n) is 5.80. The number of ether oxygens (including phenoxy) is 1. The first-order valence-corrected chi connectivity index (χ1v) is 8.20. The first kappa shape index (κ1) is 15.0. The van der Waals surface area contributed by atoms with Crippen molar-refractivity contribution in [1.29, 1.82) is 0 Å². The van der Waals surface area contributed by atoms with Crippen molar-refractivity contribution in [3.8, 4) is 5.75 Å². The average Bonchev–Trinajstić information content (AvgIpc) is 2.72. The van der Waals surface area contributed by atoms with Crippen LogP contribution in [0.5, 0.6) is 5.75 Å². The van der Waals surface area contributed by atoms with Gasteiger partial charge >= 0.3 is 0 Å². The highest BCUT2D eigenvalue weighted by atomic mass is 79.9. The van der Waals surface area contributed by atoms with E-state index in [0.29, 0.717) is 0 Å².